The van der Waals surface area contributed by atoms with Crippen LogP contribution in [0.2, 0.25) is 0 Å². The normalized spacial score (nSPS) is 22.5. The van der Waals surface area contributed by atoms with Crippen LogP contribution in [-0.4, -0.2) is 66.4 Å². The Morgan fingerprint density at radius 1 is 1.24 bits per heavy atom. The third-order valence-corrected chi connectivity index (χ3v) is 5.72. The van der Waals surface area contributed by atoms with Crippen molar-refractivity contribution in [1.29, 1.82) is 0 Å². The minimum atomic E-state index is -4.94. The van der Waals surface area contributed by atoms with Gasteiger partial charge >= 0.3 is 12.1 Å². The second-order valence-electron chi connectivity index (χ2n) is 7.39. The van der Waals surface area contributed by atoms with E-state index in [2.05, 4.69) is 10.1 Å². The third-order valence-electron chi connectivity index (χ3n) is 5.72. The number of carbonyl (C=O) groups is 2. The van der Waals surface area contributed by atoms with Crippen LogP contribution in [0.5, 0.6) is 0 Å². The number of amides is 1. The van der Waals surface area contributed by atoms with Gasteiger partial charge in [0.25, 0.3) is 5.91 Å². The highest BCUT2D eigenvalue weighted by atomic mass is 19.4. The van der Waals surface area contributed by atoms with Crippen molar-refractivity contribution < 1.29 is 37.0 Å². The number of aliphatic hydroxyl groups is 1. The van der Waals surface area contributed by atoms with Gasteiger partial charge in [-0.1, -0.05) is 12.1 Å². The van der Waals surface area contributed by atoms with Crippen LogP contribution in [0.15, 0.2) is 24.3 Å². The van der Waals surface area contributed by atoms with E-state index >= 15 is 0 Å². The van der Waals surface area contributed by atoms with Crippen LogP contribution < -0.4 is 5.32 Å². The number of carbonyl (C=O) groups excluding carboxylic acids is 2. The first-order chi connectivity index (χ1) is 13.7. The Morgan fingerprint density at radius 3 is 2.48 bits per heavy atom. The highest BCUT2D eigenvalue weighted by molar-refractivity contribution is 5.97. The zero-order chi connectivity index (χ0) is 21.2. The van der Waals surface area contributed by atoms with Crippen molar-refractivity contribution in [3.63, 3.8) is 0 Å². The van der Waals surface area contributed by atoms with Gasteiger partial charge in [0, 0.05) is 12.0 Å². The van der Waals surface area contributed by atoms with Crippen LogP contribution in [0.25, 0.3) is 0 Å². The molecule has 2 aliphatic rings. The molecular formula is C19H22F4N2O4. The molecule has 29 heavy (non-hydrogen) atoms. The topological polar surface area (TPSA) is 78.9 Å². The maximum absolute atomic E-state index is 14.1. The van der Waals surface area contributed by atoms with Crippen LogP contribution in [0.3, 0.4) is 0 Å². The Hall–Kier alpha value is -2.20. The van der Waals surface area contributed by atoms with Crippen LogP contribution in [-0.2, 0) is 9.53 Å². The van der Waals surface area contributed by atoms with Crippen molar-refractivity contribution in [2.24, 2.45) is 5.41 Å². The van der Waals surface area contributed by atoms with Crippen molar-refractivity contribution in [3.05, 3.63) is 35.6 Å². The van der Waals surface area contributed by atoms with Crippen molar-refractivity contribution in [1.82, 2.24) is 10.2 Å². The lowest BCUT2D eigenvalue weighted by Gasteiger charge is -2.40. The molecule has 2 atom stereocenters. The molecule has 2 saturated heterocycles. The maximum atomic E-state index is 14.1. The van der Waals surface area contributed by atoms with Gasteiger partial charge in [0.1, 0.15) is 11.9 Å². The second-order valence-corrected chi connectivity index (χ2v) is 7.39. The molecule has 2 fully saturated rings. The molecule has 0 bridgehead atoms. The number of nitrogens with zero attached hydrogens (tertiary/aromatic N) is 1. The summed E-state index contributed by atoms with van der Waals surface area (Å²) < 4.78 is 57.7. The zero-order valence-corrected chi connectivity index (χ0v) is 15.5. The van der Waals surface area contributed by atoms with Crippen molar-refractivity contribution in [2.75, 3.05) is 26.2 Å². The molecule has 1 amide bonds. The molecule has 1 unspecified atom stereocenters. The largest absolute Gasteiger partial charge is 0.449 e. The summed E-state index contributed by atoms with van der Waals surface area (Å²) in [5, 5.41) is 12.1. The second kappa shape index (κ2) is 8.27. The van der Waals surface area contributed by atoms with Gasteiger partial charge < -0.3 is 20.1 Å². The van der Waals surface area contributed by atoms with Crippen LogP contribution >= 0.6 is 0 Å². The van der Waals surface area contributed by atoms with E-state index in [4.69, 9.17) is 5.11 Å². The number of rotatable bonds is 4. The lowest BCUT2D eigenvalue weighted by Crippen LogP contribution is -2.54. The highest BCUT2D eigenvalue weighted by Gasteiger charge is 2.55. The predicted octanol–water partition coefficient (Wildman–Crippen LogP) is 1.88. The fourth-order valence-corrected chi connectivity index (χ4v) is 4.19. The molecule has 0 saturated carbocycles. The summed E-state index contributed by atoms with van der Waals surface area (Å²) in [6.45, 7) is -0.247. The molecule has 160 valence electrons. The smallest absolute Gasteiger partial charge is 0.427 e. The summed E-state index contributed by atoms with van der Waals surface area (Å²) in [5.74, 6) is -2.78. The number of esters is 1. The van der Waals surface area contributed by atoms with Crippen LogP contribution in [0.1, 0.15) is 29.6 Å². The lowest BCUT2D eigenvalue weighted by molar-refractivity contribution is -0.231. The fraction of sp³-hybridized carbons (Fsp3) is 0.579. The number of halogens is 4. The number of benzene rings is 1. The molecule has 2 N–H and O–H groups in total. The van der Waals surface area contributed by atoms with Gasteiger partial charge in [0.15, 0.2) is 0 Å². The number of hydrogen-bond donors (Lipinski definition) is 2. The minimum absolute atomic E-state index is 0.0999. The molecule has 0 aliphatic carbocycles. The predicted molar refractivity (Wildman–Crippen MR) is 93.4 cm³/mol. The summed E-state index contributed by atoms with van der Waals surface area (Å²) in [5.41, 5.74) is -1.01. The van der Waals surface area contributed by atoms with E-state index in [-0.39, 0.29) is 12.1 Å². The monoisotopic (exact) mass is 418 g/mol. The van der Waals surface area contributed by atoms with Gasteiger partial charge in [-0.15, -0.1) is 0 Å². The van der Waals surface area contributed by atoms with E-state index in [0.717, 1.165) is 11.0 Å². The summed E-state index contributed by atoms with van der Waals surface area (Å²) >= 11 is 0. The summed E-state index contributed by atoms with van der Waals surface area (Å²) in [6, 6.07) is 3.95. The van der Waals surface area contributed by atoms with Gasteiger partial charge in [-0.05, 0) is 44.5 Å². The molecule has 0 radical (unpaired) electrons. The van der Waals surface area contributed by atoms with Gasteiger partial charge in [0.2, 0.25) is 6.10 Å². The number of likely N-dealkylation sites (tertiary alicyclic amines) is 1. The highest BCUT2D eigenvalue weighted by Crippen LogP contribution is 2.45. The quantitative estimate of drug-likeness (QED) is 0.577. The fourth-order valence-electron chi connectivity index (χ4n) is 4.19. The Kier molecular flexibility index (Phi) is 6.13. The number of piperidine rings is 1. The Labute approximate surface area is 164 Å². The summed E-state index contributed by atoms with van der Waals surface area (Å²) in [4.78, 5) is 26.9. The molecule has 2 heterocycles. The Bertz CT molecular complexity index is 765. The molecule has 10 heteroatoms. The lowest BCUT2D eigenvalue weighted by atomic mass is 9.72. The number of aliphatic hydroxyl groups excluding tert-OH is 1. The van der Waals surface area contributed by atoms with Crippen molar-refractivity contribution in [3.8, 4) is 0 Å². The van der Waals surface area contributed by atoms with Crippen molar-refractivity contribution >= 4 is 11.9 Å². The number of nitrogens with one attached hydrogen (secondary N) is 1. The molecule has 6 nitrogen and oxygen atoms in total. The third kappa shape index (κ3) is 4.23. The number of alkyl halides is 3. The molecular weight excluding hydrogens is 396 g/mol. The molecule has 0 aromatic heterocycles. The van der Waals surface area contributed by atoms with Crippen LogP contribution in [0, 0.1) is 11.2 Å². The maximum Gasteiger partial charge on any atom is 0.427 e. The Balaban J connectivity index is 1.93. The van der Waals surface area contributed by atoms with E-state index in [1.165, 1.54) is 18.2 Å². The van der Waals surface area contributed by atoms with E-state index in [0.29, 0.717) is 32.4 Å². The first-order valence-corrected chi connectivity index (χ1v) is 9.34. The summed E-state index contributed by atoms with van der Waals surface area (Å²) in [7, 11) is 0. The van der Waals surface area contributed by atoms with E-state index in [1.807, 2.05) is 0 Å². The molecule has 3 rings (SSSR count). The Morgan fingerprint density at radius 2 is 1.90 bits per heavy atom. The minimum Gasteiger partial charge on any atom is -0.449 e. The first-order valence-electron chi connectivity index (χ1n) is 9.34. The molecule has 1 aromatic carbocycles. The molecule has 1 spiro atoms. The SMILES string of the molecule is O=C(O[C@H](CO)C(F)(F)F)C1N(C(=O)c2ccccc2F)CCC12CCNCC2. The summed E-state index contributed by atoms with van der Waals surface area (Å²) in [6.07, 6.45) is -6.30. The van der Waals surface area contributed by atoms with E-state index < -0.39 is 48.0 Å². The average molecular weight is 418 g/mol. The van der Waals surface area contributed by atoms with Gasteiger partial charge in [0.05, 0.1) is 12.2 Å². The zero-order valence-electron chi connectivity index (χ0n) is 15.5. The van der Waals surface area contributed by atoms with Crippen molar-refractivity contribution in [2.45, 2.75) is 37.6 Å². The molecule has 1 aromatic rings. The number of hydrogen-bond acceptors (Lipinski definition) is 5. The standard InChI is InChI=1S/C19H22F4N2O4/c20-13-4-2-1-3-12(13)16(27)25-10-7-18(5-8-24-9-6-18)15(25)17(28)29-14(11-26)19(21,22)23/h1-4,14-15,24,26H,5-11H2/t14-,15?/m1/s1. The van der Waals surface area contributed by atoms with E-state index in [1.54, 1.807) is 0 Å². The molecule has 2 aliphatic heterocycles. The van der Waals surface area contributed by atoms with Gasteiger partial charge in [-0.2, -0.15) is 13.2 Å². The van der Waals surface area contributed by atoms with Gasteiger partial charge in [-0.3, -0.25) is 4.79 Å². The first kappa shape index (κ1) is 21.5. The van der Waals surface area contributed by atoms with E-state index in [9.17, 15) is 27.2 Å². The number of ether oxygens (including phenoxy) is 1. The average Bonchev–Trinajstić information content (AvgIpc) is 3.04. The van der Waals surface area contributed by atoms with Gasteiger partial charge in [-0.25, -0.2) is 9.18 Å². The van der Waals surface area contributed by atoms with Crippen LogP contribution in [0.4, 0.5) is 17.6 Å².